The van der Waals surface area contributed by atoms with Crippen LogP contribution in [0.1, 0.15) is 297 Å². The monoisotopic (exact) mass is 1520 g/mol. The molecule has 0 aromatic heterocycles. The van der Waals surface area contributed by atoms with Gasteiger partial charge in [-0.05, 0) is 161 Å². The van der Waals surface area contributed by atoms with Gasteiger partial charge in [0.25, 0.3) is 0 Å². The van der Waals surface area contributed by atoms with Crippen molar-refractivity contribution in [2.45, 2.75) is 316 Å². The smallest absolute Gasteiger partial charge is 0.462 e. The second-order valence-electron chi connectivity index (χ2n) is 26.2. The van der Waals surface area contributed by atoms with Crippen molar-refractivity contribution in [3.05, 3.63) is 170 Å². The number of allylic oxidation sites excluding steroid dienone is 28. The van der Waals surface area contributed by atoms with Crippen LogP contribution in [0.5, 0.6) is 0 Å². The zero-order valence-corrected chi connectivity index (χ0v) is 67.6. The van der Waals surface area contributed by atoms with Gasteiger partial charge in [-0.25, -0.2) is 9.13 Å². The predicted molar refractivity (Wildman–Crippen MR) is 436 cm³/mol. The molecule has 3 N–H and O–H groups in total. The van der Waals surface area contributed by atoms with E-state index in [0.29, 0.717) is 32.1 Å². The van der Waals surface area contributed by atoms with Crippen molar-refractivity contribution < 1.29 is 80.2 Å². The van der Waals surface area contributed by atoms with Gasteiger partial charge in [0.05, 0.1) is 26.4 Å². The molecule has 0 heterocycles. The number of hydrogen-bond donors (Lipinski definition) is 3. The third-order valence-electron chi connectivity index (χ3n) is 16.1. The first-order valence-corrected chi connectivity index (χ1v) is 43.4. The quantitative estimate of drug-likeness (QED) is 0.0169. The SMILES string of the molecule is CC/C=C\C/C=C\C/C=C\C/C=C\C/C=C\C/C=C\CCC(=O)OCC(COP(=O)(O)OCC(O)COP(=O)(O)OCC(COC(=O)CCCCCCCC/C=C\C/C=C\C/C=C\CCCCC)OC(=O)CCCCCCC/C=C\C/C=C\CCC)OC(=O)CCCCCCC/C=C\C/C=C\C/C=C\CC. The van der Waals surface area contributed by atoms with Crippen molar-refractivity contribution in [2.24, 2.45) is 0 Å². The Morgan fingerprint density at radius 1 is 0.274 bits per heavy atom. The number of phosphoric ester groups is 2. The Labute approximate surface area is 642 Å². The van der Waals surface area contributed by atoms with Gasteiger partial charge in [-0.1, -0.05) is 281 Å². The number of unbranched alkanes of at least 4 members (excludes halogenated alkanes) is 20. The molecule has 19 heteroatoms. The minimum absolute atomic E-state index is 0.0260. The van der Waals surface area contributed by atoms with Crippen LogP contribution in [0.4, 0.5) is 0 Å². The van der Waals surface area contributed by atoms with Crippen molar-refractivity contribution in [3.8, 4) is 0 Å². The number of phosphoric acid groups is 2. The molecule has 5 unspecified atom stereocenters. The van der Waals surface area contributed by atoms with Crippen molar-refractivity contribution in [2.75, 3.05) is 39.6 Å². The maximum absolute atomic E-state index is 13.1. The fraction of sp³-hybridized carbons (Fsp3) is 0.632. The summed E-state index contributed by atoms with van der Waals surface area (Å²) in [4.78, 5) is 73.0. The Morgan fingerprint density at radius 3 is 0.849 bits per heavy atom. The number of esters is 4. The van der Waals surface area contributed by atoms with Crippen LogP contribution >= 0.6 is 15.6 Å². The van der Waals surface area contributed by atoms with E-state index in [2.05, 4.69) is 180 Å². The largest absolute Gasteiger partial charge is 0.472 e. The van der Waals surface area contributed by atoms with Gasteiger partial charge in [0, 0.05) is 25.7 Å². The van der Waals surface area contributed by atoms with Crippen molar-refractivity contribution in [3.63, 3.8) is 0 Å². The molecule has 0 aliphatic carbocycles. The summed E-state index contributed by atoms with van der Waals surface area (Å²) >= 11 is 0. The average Bonchev–Trinajstić information content (AvgIpc) is 0.933. The Morgan fingerprint density at radius 2 is 0.528 bits per heavy atom. The third-order valence-corrected chi connectivity index (χ3v) is 18.0. The van der Waals surface area contributed by atoms with E-state index in [-0.39, 0.29) is 25.7 Å². The highest BCUT2D eigenvalue weighted by atomic mass is 31.2. The standard InChI is InChI=1S/C87H142O17P2/c1-5-9-13-17-21-25-29-33-36-38-40-42-45-48-51-55-59-63-67-71-84(89)97-77-82(103-86(91)73-69-65-61-57-53-47-32-28-24-20-16-12-8-4)79-101-105(93,94)99-75-81(88)76-100-106(95,96)102-80-83(104-87(92)74-70-66-62-58-54-50-44-35-31-27-23-19-15-11-7-3)78-98-85(90)72-68-64-60-56-52-49-46-43-41-39-37-34-30-26-22-18-14-10-6-2/h10-11,14-16,20-23,25-28,32-37,40-44,49,52,60,64,81-83,88H,5-9,12-13,17-19,24,29-31,38-39,45-48,50-51,53-59,61-63,65-80H2,1-4H3,(H,93,94)(H,95,96)/b14-10-,15-11-,20-16-,25-21-,26-22-,27-23-,32-28-,36-33-,37-34-,42-40-,43-41-,44-35-,52-49-,64-60-. The molecule has 5 atom stereocenters. The summed E-state index contributed by atoms with van der Waals surface area (Å²) < 4.78 is 68.5. The zero-order valence-electron chi connectivity index (χ0n) is 65.8. The lowest BCUT2D eigenvalue weighted by atomic mass is 10.1. The van der Waals surface area contributed by atoms with E-state index in [0.717, 1.165) is 193 Å². The van der Waals surface area contributed by atoms with Gasteiger partial charge in [-0.2, -0.15) is 0 Å². The molecule has 0 bridgehead atoms. The van der Waals surface area contributed by atoms with Crippen LogP contribution in [0.2, 0.25) is 0 Å². The fourth-order valence-electron chi connectivity index (χ4n) is 10.1. The molecule has 0 aromatic carbocycles. The summed E-state index contributed by atoms with van der Waals surface area (Å²) in [6.07, 6.45) is 92.0. The van der Waals surface area contributed by atoms with Gasteiger partial charge in [0.2, 0.25) is 0 Å². The number of carbonyl (C=O) groups is 4. The highest BCUT2D eigenvalue weighted by Crippen LogP contribution is 2.45. The van der Waals surface area contributed by atoms with E-state index in [1.165, 1.54) is 19.3 Å². The van der Waals surface area contributed by atoms with Crippen LogP contribution < -0.4 is 0 Å². The molecule has 0 fully saturated rings. The van der Waals surface area contributed by atoms with Crippen LogP contribution in [0.25, 0.3) is 0 Å². The Balaban J connectivity index is 5.45. The molecule has 0 amide bonds. The topological polar surface area (TPSA) is 237 Å². The molecule has 0 aliphatic rings. The fourth-order valence-corrected chi connectivity index (χ4v) is 11.6. The van der Waals surface area contributed by atoms with Gasteiger partial charge in [-0.3, -0.25) is 37.3 Å². The summed E-state index contributed by atoms with van der Waals surface area (Å²) in [6, 6.07) is 0. The van der Waals surface area contributed by atoms with Gasteiger partial charge >= 0.3 is 39.5 Å². The molecule has 0 saturated heterocycles. The predicted octanol–water partition coefficient (Wildman–Crippen LogP) is 23.8. The number of hydrogen-bond acceptors (Lipinski definition) is 15. The minimum Gasteiger partial charge on any atom is -0.462 e. The highest BCUT2D eigenvalue weighted by Gasteiger charge is 2.30. The van der Waals surface area contributed by atoms with E-state index in [1.54, 1.807) is 0 Å². The lowest BCUT2D eigenvalue weighted by Crippen LogP contribution is -2.30. The normalized spacial score (nSPS) is 14.7. The first kappa shape index (κ1) is 100. The Hall–Kier alpha value is -5.58. The molecule has 0 radical (unpaired) electrons. The molecule has 0 aliphatic heterocycles. The Kier molecular flexibility index (Phi) is 73.5. The van der Waals surface area contributed by atoms with Crippen molar-refractivity contribution in [1.82, 2.24) is 0 Å². The molecule has 0 spiro atoms. The first-order chi connectivity index (χ1) is 51.7. The minimum atomic E-state index is -5.01. The van der Waals surface area contributed by atoms with Crippen LogP contribution in [0, 0.1) is 0 Å². The first-order valence-electron chi connectivity index (χ1n) is 40.4. The van der Waals surface area contributed by atoms with Crippen molar-refractivity contribution >= 4 is 39.5 Å². The Bertz CT molecular complexity index is 2680. The summed E-state index contributed by atoms with van der Waals surface area (Å²) in [5, 5.41) is 10.6. The highest BCUT2D eigenvalue weighted by molar-refractivity contribution is 7.47. The molecule has 0 aromatic rings. The zero-order chi connectivity index (χ0) is 77.4. The van der Waals surface area contributed by atoms with Crippen molar-refractivity contribution in [1.29, 1.82) is 0 Å². The van der Waals surface area contributed by atoms with E-state index in [1.807, 2.05) is 18.2 Å². The second kappa shape index (κ2) is 77.6. The molecule has 106 heavy (non-hydrogen) atoms. The third kappa shape index (κ3) is 76.6. The maximum Gasteiger partial charge on any atom is 0.472 e. The molecule has 602 valence electrons. The number of aliphatic hydroxyl groups is 1. The van der Waals surface area contributed by atoms with Crippen LogP contribution in [0.15, 0.2) is 170 Å². The van der Waals surface area contributed by atoms with Crippen LogP contribution in [-0.4, -0.2) is 96.7 Å². The number of rotatable bonds is 74. The van der Waals surface area contributed by atoms with Crippen LogP contribution in [0.3, 0.4) is 0 Å². The molecular formula is C87H142O17P2. The summed E-state index contributed by atoms with van der Waals surface area (Å²) in [5.41, 5.74) is 0. The van der Waals surface area contributed by atoms with Gasteiger partial charge < -0.3 is 33.8 Å². The van der Waals surface area contributed by atoms with E-state index >= 15 is 0 Å². The molecular weight excluding hydrogens is 1380 g/mol. The summed E-state index contributed by atoms with van der Waals surface area (Å²) in [5.74, 6) is -2.33. The van der Waals surface area contributed by atoms with Gasteiger partial charge in [0.15, 0.2) is 12.2 Å². The van der Waals surface area contributed by atoms with E-state index in [4.69, 9.17) is 37.0 Å². The molecule has 0 saturated carbocycles. The van der Waals surface area contributed by atoms with Crippen LogP contribution in [-0.2, 0) is 65.4 Å². The second-order valence-corrected chi connectivity index (χ2v) is 29.1. The number of carbonyl (C=O) groups excluding carboxylic acids is 4. The average molecular weight is 1520 g/mol. The number of ether oxygens (including phenoxy) is 4. The van der Waals surface area contributed by atoms with Gasteiger partial charge in [0.1, 0.15) is 19.3 Å². The molecule has 17 nitrogen and oxygen atoms in total. The lowest BCUT2D eigenvalue weighted by molar-refractivity contribution is -0.161. The van der Waals surface area contributed by atoms with E-state index < -0.39 is 97.5 Å². The maximum atomic E-state index is 13.1. The lowest BCUT2D eigenvalue weighted by Gasteiger charge is -2.21. The summed E-state index contributed by atoms with van der Waals surface area (Å²) in [6.45, 7) is 4.41. The summed E-state index contributed by atoms with van der Waals surface area (Å²) in [7, 11) is -10.0. The van der Waals surface area contributed by atoms with E-state index in [9.17, 15) is 43.2 Å². The molecule has 0 rings (SSSR count). The van der Waals surface area contributed by atoms with Gasteiger partial charge in [-0.15, -0.1) is 0 Å². The number of aliphatic hydroxyl groups excluding tert-OH is 1.